The number of rotatable bonds is 1. The molecular weight excluding hydrogens is 270 g/mol. The smallest absolute Gasteiger partial charge is 0.133 e. The minimum absolute atomic E-state index is 0.248. The van der Waals surface area contributed by atoms with Gasteiger partial charge in [-0.3, -0.25) is 0 Å². The summed E-state index contributed by atoms with van der Waals surface area (Å²) in [5.41, 5.74) is 0. The molecule has 2 atom stereocenters. The third-order valence-corrected chi connectivity index (χ3v) is 2.94. The average Bonchev–Trinajstić information content (AvgIpc) is 2.14. The Morgan fingerprint density at radius 2 is 1.94 bits per heavy atom. The van der Waals surface area contributed by atoms with Crippen molar-refractivity contribution in [1.82, 2.24) is 9.97 Å². The van der Waals surface area contributed by atoms with E-state index in [1.807, 2.05) is 13.0 Å². The van der Waals surface area contributed by atoms with Crippen molar-refractivity contribution < 1.29 is 4.74 Å². The summed E-state index contributed by atoms with van der Waals surface area (Å²) in [6, 6.07) is 1.96. The number of aryl methyl sites for hydroxylation is 1. The molecule has 16 heavy (non-hydrogen) atoms. The summed E-state index contributed by atoms with van der Waals surface area (Å²) >= 11 is 3.40. The number of hydrogen-bond donors (Lipinski definition) is 0. The maximum absolute atomic E-state index is 5.70. The molecule has 1 aliphatic heterocycles. The second-order valence-electron chi connectivity index (χ2n) is 4.26. The van der Waals surface area contributed by atoms with E-state index in [0.717, 1.165) is 29.3 Å². The van der Waals surface area contributed by atoms with Crippen molar-refractivity contribution in [3.8, 4) is 0 Å². The van der Waals surface area contributed by atoms with Gasteiger partial charge in [0, 0.05) is 19.2 Å². The first kappa shape index (κ1) is 11.8. The lowest BCUT2D eigenvalue weighted by Gasteiger charge is -2.36. The van der Waals surface area contributed by atoms with Gasteiger partial charge in [-0.1, -0.05) is 0 Å². The second kappa shape index (κ2) is 4.67. The van der Waals surface area contributed by atoms with Gasteiger partial charge in [0.05, 0.1) is 12.2 Å². The van der Waals surface area contributed by atoms with E-state index in [1.165, 1.54) is 0 Å². The highest BCUT2D eigenvalue weighted by Gasteiger charge is 2.23. The molecule has 1 aromatic heterocycles. The molecule has 88 valence electrons. The Morgan fingerprint density at radius 1 is 1.31 bits per heavy atom. The van der Waals surface area contributed by atoms with Gasteiger partial charge in [-0.25, -0.2) is 9.97 Å². The van der Waals surface area contributed by atoms with E-state index in [-0.39, 0.29) is 12.2 Å². The van der Waals surface area contributed by atoms with Gasteiger partial charge in [0.15, 0.2) is 0 Å². The number of aromatic nitrogens is 2. The molecule has 0 aliphatic carbocycles. The lowest BCUT2D eigenvalue weighted by Crippen LogP contribution is -2.45. The van der Waals surface area contributed by atoms with Crippen molar-refractivity contribution in [2.45, 2.75) is 33.0 Å². The van der Waals surface area contributed by atoms with E-state index in [9.17, 15) is 0 Å². The van der Waals surface area contributed by atoms with Crippen LogP contribution in [-0.2, 0) is 4.74 Å². The van der Waals surface area contributed by atoms with Gasteiger partial charge < -0.3 is 9.64 Å². The van der Waals surface area contributed by atoms with Crippen LogP contribution in [0.4, 0.5) is 5.82 Å². The molecule has 1 fully saturated rings. The Balaban J connectivity index is 2.22. The molecule has 1 aromatic rings. The lowest BCUT2D eigenvalue weighted by atomic mass is 10.2. The predicted octanol–water partition coefficient (Wildman–Crippen LogP) is 2.16. The molecule has 1 aliphatic rings. The molecule has 2 rings (SSSR count). The first-order valence-corrected chi connectivity index (χ1v) is 6.25. The maximum atomic E-state index is 5.70. The van der Waals surface area contributed by atoms with Crippen LogP contribution in [0.15, 0.2) is 10.7 Å². The van der Waals surface area contributed by atoms with Crippen LogP contribution in [0.25, 0.3) is 0 Å². The minimum atomic E-state index is 0.248. The molecule has 0 radical (unpaired) electrons. The maximum Gasteiger partial charge on any atom is 0.133 e. The fourth-order valence-electron chi connectivity index (χ4n) is 2.04. The zero-order chi connectivity index (χ0) is 11.7. The highest BCUT2D eigenvalue weighted by Crippen LogP contribution is 2.20. The molecule has 0 aromatic carbocycles. The van der Waals surface area contributed by atoms with Gasteiger partial charge in [0.25, 0.3) is 0 Å². The summed E-state index contributed by atoms with van der Waals surface area (Å²) in [6.45, 7) is 7.85. The van der Waals surface area contributed by atoms with Crippen LogP contribution < -0.4 is 4.90 Å². The van der Waals surface area contributed by atoms with Crippen LogP contribution >= 0.6 is 15.9 Å². The largest absolute Gasteiger partial charge is 0.372 e. The average molecular weight is 286 g/mol. The van der Waals surface area contributed by atoms with E-state index in [1.54, 1.807) is 0 Å². The van der Waals surface area contributed by atoms with Gasteiger partial charge in [0.2, 0.25) is 0 Å². The zero-order valence-electron chi connectivity index (χ0n) is 9.77. The Hall–Kier alpha value is -0.680. The molecule has 2 heterocycles. The minimum Gasteiger partial charge on any atom is -0.372 e. The van der Waals surface area contributed by atoms with Gasteiger partial charge in [-0.2, -0.15) is 0 Å². The van der Waals surface area contributed by atoms with Crippen molar-refractivity contribution in [1.29, 1.82) is 0 Å². The zero-order valence-corrected chi connectivity index (χ0v) is 11.4. The van der Waals surface area contributed by atoms with Crippen LogP contribution in [-0.4, -0.2) is 35.3 Å². The Bertz CT molecular complexity index is 355. The summed E-state index contributed by atoms with van der Waals surface area (Å²) in [4.78, 5) is 10.9. The molecule has 1 saturated heterocycles. The monoisotopic (exact) mass is 285 g/mol. The predicted molar refractivity (Wildman–Crippen MR) is 66.7 cm³/mol. The summed E-state index contributed by atoms with van der Waals surface area (Å²) in [6.07, 6.45) is 0.496. The molecule has 0 N–H and O–H groups in total. The SMILES string of the molecule is Cc1nc(Br)cc(N2CC(C)OC(C)C2)n1. The number of nitrogens with zero attached hydrogens (tertiary/aromatic N) is 3. The van der Waals surface area contributed by atoms with E-state index in [2.05, 4.69) is 44.6 Å². The molecule has 0 spiro atoms. The van der Waals surface area contributed by atoms with Crippen LogP contribution in [0.5, 0.6) is 0 Å². The van der Waals surface area contributed by atoms with Crippen molar-refractivity contribution in [3.05, 3.63) is 16.5 Å². The standard InChI is InChI=1S/C11H16BrN3O/c1-7-5-15(6-8(2)16-7)11-4-10(12)13-9(3)14-11/h4,7-8H,5-6H2,1-3H3. The van der Waals surface area contributed by atoms with E-state index in [0.29, 0.717) is 0 Å². The molecule has 2 unspecified atom stereocenters. The van der Waals surface area contributed by atoms with E-state index in [4.69, 9.17) is 4.74 Å². The fourth-order valence-corrected chi connectivity index (χ4v) is 2.50. The van der Waals surface area contributed by atoms with Gasteiger partial charge in [-0.15, -0.1) is 0 Å². The summed E-state index contributed by atoms with van der Waals surface area (Å²) in [5.74, 6) is 1.76. The number of hydrogen-bond acceptors (Lipinski definition) is 4. The number of halogens is 1. The Labute approximate surface area is 104 Å². The van der Waals surface area contributed by atoms with Crippen molar-refractivity contribution in [2.24, 2.45) is 0 Å². The third kappa shape index (κ3) is 2.71. The van der Waals surface area contributed by atoms with Crippen LogP contribution in [0.1, 0.15) is 19.7 Å². The van der Waals surface area contributed by atoms with Crippen LogP contribution in [0.2, 0.25) is 0 Å². The molecule has 5 heteroatoms. The molecule has 0 saturated carbocycles. The van der Waals surface area contributed by atoms with Crippen molar-refractivity contribution in [2.75, 3.05) is 18.0 Å². The normalized spacial score (nSPS) is 25.9. The van der Waals surface area contributed by atoms with Gasteiger partial charge >= 0.3 is 0 Å². The fraction of sp³-hybridized carbons (Fsp3) is 0.636. The van der Waals surface area contributed by atoms with Gasteiger partial charge in [-0.05, 0) is 36.7 Å². The van der Waals surface area contributed by atoms with E-state index >= 15 is 0 Å². The third-order valence-electron chi connectivity index (χ3n) is 2.54. The highest BCUT2D eigenvalue weighted by atomic mass is 79.9. The van der Waals surface area contributed by atoms with E-state index < -0.39 is 0 Å². The summed E-state index contributed by atoms with van der Waals surface area (Å²) in [5, 5.41) is 0. The number of morpholine rings is 1. The van der Waals surface area contributed by atoms with Crippen LogP contribution in [0.3, 0.4) is 0 Å². The Morgan fingerprint density at radius 3 is 2.50 bits per heavy atom. The van der Waals surface area contributed by atoms with Crippen molar-refractivity contribution >= 4 is 21.7 Å². The Kier molecular flexibility index (Phi) is 3.44. The first-order chi connectivity index (χ1) is 7.54. The van der Waals surface area contributed by atoms with Crippen LogP contribution in [0, 0.1) is 6.92 Å². The summed E-state index contributed by atoms with van der Waals surface area (Å²) in [7, 11) is 0. The molecule has 0 amide bonds. The number of anilines is 1. The molecular formula is C11H16BrN3O. The second-order valence-corrected chi connectivity index (χ2v) is 5.07. The quantitative estimate of drug-likeness (QED) is 0.742. The molecule has 0 bridgehead atoms. The van der Waals surface area contributed by atoms with Gasteiger partial charge in [0.1, 0.15) is 16.2 Å². The first-order valence-electron chi connectivity index (χ1n) is 5.46. The molecule has 4 nitrogen and oxygen atoms in total. The lowest BCUT2D eigenvalue weighted by molar-refractivity contribution is -0.00548. The number of ether oxygens (including phenoxy) is 1. The summed E-state index contributed by atoms with van der Waals surface area (Å²) < 4.78 is 6.54. The van der Waals surface area contributed by atoms with Crippen molar-refractivity contribution in [3.63, 3.8) is 0 Å². The highest BCUT2D eigenvalue weighted by molar-refractivity contribution is 9.10. The topological polar surface area (TPSA) is 38.2 Å².